The molecular weight excluding hydrogens is 308 g/mol. The molecular formula is C16H15ClO5. The standard InChI is InChI=1S/C16H15ClO5/c1-20-14-7-2-11(16(18)19)10-15(14)22-9-8-21-13-5-3-12(17)4-6-13/h2-7,10H,8-9H2,1H3,(H,18,19). The van der Waals surface area contributed by atoms with Crippen molar-refractivity contribution in [3.8, 4) is 17.2 Å². The van der Waals surface area contributed by atoms with E-state index in [1.54, 1.807) is 30.3 Å². The van der Waals surface area contributed by atoms with Gasteiger partial charge in [-0.3, -0.25) is 0 Å². The molecule has 0 atom stereocenters. The lowest BCUT2D eigenvalue weighted by molar-refractivity contribution is 0.0696. The maximum atomic E-state index is 11.0. The molecule has 0 aromatic heterocycles. The first-order chi connectivity index (χ1) is 10.6. The van der Waals surface area contributed by atoms with E-state index in [0.717, 1.165) is 0 Å². The molecule has 1 N–H and O–H groups in total. The highest BCUT2D eigenvalue weighted by atomic mass is 35.5. The van der Waals surface area contributed by atoms with Gasteiger partial charge in [0.1, 0.15) is 19.0 Å². The summed E-state index contributed by atoms with van der Waals surface area (Å²) in [6, 6.07) is 11.4. The zero-order chi connectivity index (χ0) is 15.9. The molecule has 22 heavy (non-hydrogen) atoms. The van der Waals surface area contributed by atoms with Gasteiger partial charge in [-0.15, -0.1) is 0 Å². The van der Waals surface area contributed by atoms with E-state index < -0.39 is 5.97 Å². The first-order valence-electron chi connectivity index (χ1n) is 6.52. The van der Waals surface area contributed by atoms with Crippen LogP contribution in [0.1, 0.15) is 10.4 Å². The van der Waals surface area contributed by atoms with Crippen molar-refractivity contribution in [1.29, 1.82) is 0 Å². The molecule has 6 heteroatoms. The van der Waals surface area contributed by atoms with E-state index >= 15 is 0 Å². The summed E-state index contributed by atoms with van der Waals surface area (Å²) < 4.78 is 16.2. The lowest BCUT2D eigenvalue weighted by Gasteiger charge is -2.12. The van der Waals surface area contributed by atoms with Crippen molar-refractivity contribution < 1.29 is 24.1 Å². The van der Waals surface area contributed by atoms with Crippen molar-refractivity contribution in [2.75, 3.05) is 20.3 Å². The molecule has 0 radical (unpaired) electrons. The number of hydrogen-bond donors (Lipinski definition) is 1. The maximum Gasteiger partial charge on any atom is 0.335 e. The topological polar surface area (TPSA) is 65.0 Å². The van der Waals surface area contributed by atoms with Gasteiger partial charge in [0.2, 0.25) is 0 Å². The second-order valence-corrected chi connectivity index (χ2v) is 4.76. The third-order valence-corrected chi connectivity index (χ3v) is 3.09. The fraction of sp³-hybridized carbons (Fsp3) is 0.188. The van der Waals surface area contributed by atoms with Gasteiger partial charge in [-0.2, -0.15) is 0 Å². The lowest BCUT2D eigenvalue weighted by Crippen LogP contribution is -2.10. The maximum absolute atomic E-state index is 11.0. The van der Waals surface area contributed by atoms with Crippen LogP contribution in [0.3, 0.4) is 0 Å². The summed E-state index contributed by atoms with van der Waals surface area (Å²) in [4.78, 5) is 11.0. The smallest absolute Gasteiger partial charge is 0.335 e. The molecule has 2 rings (SSSR count). The lowest BCUT2D eigenvalue weighted by atomic mass is 10.2. The van der Waals surface area contributed by atoms with Crippen LogP contribution in [-0.4, -0.2) is 31.4 Å². The summed E-state index contributed by atoms with van der Waals surface area (Å²) in [5.41, 5.74) is 0.134. The van der Waals surface area contributed by atoms with Crippen LogP contribution in [0.4, 0.5) is 0 Å². The summed E-state index contributed by atoms with van der Waals surface area (Å²) >= 11 is 5.78. The molecule has 0 saturated heterocycles. The van der Waals surface area contributed by atoms with Gasteiger partial charge in [0.15, 0.2) is 11.5 Å². The predicted molar refractivity (Wildman–Crippen MR) is 82.4 cm³/mol. The van der Waals surface area contributed by atoms with Crippen LogP contribution in [-0.2, 0) is 0 Å². The van der Waals surface area contributed by atoms with E-state index in [1.807, 2.05) is 0 Å². The highest BCUT2D eigenvalue weighted by Crippen LogP contribution is 2.28. The summed E-state index contributed by atoms with van der Waals surface area (Å²) in [7, 11) is 1.49. The van der Waals surface area contributed by atoms with Crippen LogP contribution in [0.25, 0.3) is 0 Å². The summed E-state index contributed by atoms with van der Waals surface area (Å²) in [6.07, 6.45) is 0. The van der Waals surface area contributed by atoms with Gasteiger partial charge in [-0.05, 0) is 42.5 Å². The minimum Gasteiger partial charge on any atom is -0.493 e. The van der Waals surface area contributed by atoms with Crippen molar-refractivity contribution >= 4 is 17.6 Å². The van der Waals surface area contributed by atoms with Crippen LogP contribution in [0.5, 0.6) is 17.2 Å². The van der Waals surface area contributed by atoms with Crippen molar-refractivity contribution in [3.05, 3.63) is 53.1 Å². The number of benzene rings is 2. The summed E-state index contributed by atoms with van der Waals surface area (Å²) in [5, 5.41) is 9.62. The van der Waals surface area contributed by atoms with Gasteiger partial charge < -0.3 is 19.3 Å². The SMILES string of the molecule is COc1ccc(C(=O)O)cc1OCCOc1ccc(Cl)cc1. The Morgan fingerprint density at radius 3 is 2.36 bits per heavy atom. The quantitative estimate of drug-likeness (QED) is 0.790. The van der Waals surface area contributed by atoms with E-state index in [1.165, 1.54) is 19.2 Å². The van der Waals surface area contributed by atoms with Crippen molar-refractivity contribution in [2.24, 2.45) is 0 Å². The van der Waals surface area contributed by atoms with E-state index in [2.05, 4.69) is 0 Å². The highest BCUT2D eigenvalue weighted by Gasteiger charge is 2.10. The molecule has 0 saturated carbocycles. The molecule has 0 bridgehead atoms. The molecule has 2 aromatic rings. The Labute approximate surface area is 133 Å². The normalized spacial score (nSPS) is 10.1. The minimum absolute atomic E-state index is 0.134. The molecule has 0 heterocycles. The molecule has 0 aliphatic carbocycles. The van der Waals surface area contributed by atoms with Gasteiger partial charge in [0.25, 0.3) is 0 Å². The summed E-state index contributed by atoms with van der Waals surface area (Å²) in [6.45, 7) is 0.560. The zero-order valence-electron chi connectivity index (χ0n) is 11.9. The number of carboxylic acid groups (broad SMARTS) is 1. The third-order valence-electron chi connectivity index (χ3n) is 2.83. The van der Waals surface area contributed by atoms with Gasteiger partial charge in [0, 0.05) is 5.02 Å². The van der Waals surface area contributed by atoms with Crippen LogP contribution in [0.2, 0.25) is 5.02 Å². The largest absolute Gasteiger partial charge is 0.493 e. The highest BCUT2D eigenvalue weighted by molar-refractivity contribution is 6.30. The predicted octanol–water partition coefficient (Wildman–Crippen LogP) is 3.50. The van der Waals surface area contributed by atoms with Crippen LogP contribution < -0.4 is 14.2 Å². The molecule has 2 aromatic carbocycles. The summed E-state index contributed by atoms with van der Waals surface area (Å²) in [5.74, 6) is 0.489. The second kappa shape index (κ2) is 7.56. The fourth-order valence-electron chi connectivity index (χ4n) is 1.76. The number of rotatable bonds is 7. The number of ether oxygens (including phenoxy) is 3. The Balaban J connectivity index is 1.91. The molecule has 0 aliphatic heterocycles. The van der Waals surface area contributed by atoms with E-state index in [0.29, 0.717) is 28.9 Å². The van der Waals surface area contributed by atoms with E-state index in [9.17, 15) is 4.79 Å². The average molecular weight is 323 g/mol. The molecule has 0 unspecified atom stereocenters. The number of carboxylic acids is 1. The Morgan fingerprint density at radius 1 is 1.05 bits per heavy atom. The monoisotopic (exact) mass is 322 g/mol. The first kappa shape index (κ1) is 16.0. The van der Waals surface area contributed by atoms with Crippen LogP contribution in [0, 0.1) is 0 Å². The Hall–Kier alpha value is -2.40. The van der Waals surface area contributed by atoms with Crippen molar-refractivity contribution in [2.45, 2.75) is 0 Å². The Bertz CT molecular complexity index is 639. The van der Waals surface area contributed by atoms with Gasteiger partial charge in [-0.25, -0.2) is 4.79 Å². The second-order valence-electron chi connectivity index (χ2n) is 4.32. The molecule has 0 aliphatic rings. The first-order valence-corrected chi connectivity index (χ1v) is 6.90. The zero-order valence-corrected chi connectivity index (χ0v) is 12.7. The fourth-order valence-corrected chi connectivity index (χ4v) is 1.89. The molecule has 0 fully saturated rings. The number of hydrogen-bond acceptors (Lipinski definition) is 4. The molecule has 0 amide bonds. The number of carbonyl (C=O) groups is 1. The van der Waals surface area contributed by atoms with E-state index in [-0.39, 0.29) is 12.2 Å². The van der Waals surface area contributed by atoms with Gasteiger partial charge >= 0.3 is 5.97 Å². The number of methoxy groups -OCH3 is 1. The van der Waals surface area contributed by atoms with Crippen LogP contribution in [0.15, 0.2) is 42.5 Å². The van der Waals surface area contributed by atoms with Crippen molar-refractivity contribution in [1.82, 2.24) is 0 Å². The van der Waals surface area contributed by atoms with E-state index in [4.69, 9.17) is 30.9 Å². The number of aromatic carboxylic acids is 1. The average Bonchev–Trinajstić information content (AvgIpc) is 2.53. The molecule has 5 nitrogen and oxygen atoms in total. The molecule has 116 valence electrons. The molecule has 0 spiro atoms. The Kier molecular flexibility index (Phi) is 5.49. The minimum atomic E-state index is -1.02. The van der Waals surface area contributed by atoms with Gasteiger partial charge in [-0.1, -0.05) is 11.6 Å². The number of halogens is 1. The third kappa shape index (κ3) is 4.30. The van der Waals surface area contributed by atoms with Crippen LogP contribution >= 0.6 is 11.6 Å². The Morgan fingerprint density at radius 2 is 1.73 bits per heavy atom. The van der Waals surface area contributed by atoms with Crippen molar-refractivity contribution in [3.63, 3.8) is 0 Å². The van der Waals surface area contributed by atoms with Gasteiger partial charge in [0.05, 0.1) is 12.7 Å².